The van der Waals surface area contributed by atoms with Crippen molar-refractivity contribution in [3.05, 3.63) is 35.9 Å². The molecular formula is C12H13FN2. The number of aliphatic imine (C=N–C) groups is 1. The molecule has 1 aromatic carbocycles. The Kier molecular flexibility index (Phi) is 3.99. The minimum Gasteiger partial charge on any atom is -0.271 e. The van der Waals surface area contributed by atoms with Gasteiger partial charge in [-0.05, 0) is 12.5 Å². The van der Waals surface area contributed by atoms with Gasteiger partial charge in [0, 0.05) is 12.6 Å². The Hall–Kier alpha value is -1.69. The highest BCUT2D eigenvalue weighted by molar-refractivity contribution is 5.79. The summed E-state index contributed by atoms with van der Waals surface area (Å²) < 4.78 is 12.2. The molecule has 0 N–H and O–H groups in total. The molecule has 0 saturated heterocycles. The molecule has 1 rings (SSSR count). The summed E-state index contributed by atoms with van der Waals surface area (Å²) in [7, 11) is 0. The number of nitriles is 1. The maximum atomic E-state index is 12.2. The first-order chi connectivity index (χ1) is 7.20. The third-order valence-electron chi connectivity index (χ3n) is 2.12. The number of hydrogen-bond acceptors (Lipinski definition) is 2. The highest BCUT2D eigenvalue weighted by Crippen LogP contribution is 2.14. The van der Waals surface area contributed by atoms with E-state index in [4.69, 9.17) is 5.26 Å². The average molecular weight is 204 g/mol. The Morgan fingerprint density at radius 3 is 2.67 bits per heavy atom. The highest BCUT2D eigenvalue weighted by Gasteiger charge is 2.20. The molecule has 0 fully saturated rings. The minimum absolute atomic E-state index is 0.132. The molecule has 0 heterocycles. The molecule has 0 spiro atoms. The second-order valence-electron chi connectivity index (χ2n) is 3.49. The lowest BCUT2D eigenvalue weighted by Crippen LogP contribution is -2.20. The predicted molar refractivity (Wildman–Crippen MR) is 58.6 cm³/mol. The summed E-state index contributed by atoms with van der Waals surface area (Å²) in [6.45, 7) is 1.10. The summed E-state index contributed by atoms with van der Waals surface area (Å²) in [5.41, 5.74) is -0.0391. The van der Waals surface area contributed by atoms with E-state index in [1.54, 1.807) is 13.1 Å². The van der Waals surface area contributed by atoms with Gasteiger partial charge >= 0.3 is 0 Å². The second-order valence-corrected chi connectivity index (χ2v) is 3.49. The Labute approximate surface area is 89.1 Å². The molecule has 0 aromatic heterocycles. The van der Waals surface area contributed by atoms with Crippen molar-refractivity contribution in [2.75, 3.05) is 6.67 Å². The molecule has 0 aliphatic rings. The zero-order chi connectivity index (χ0) is 11.1. The third-order valence-corrected chi connectivity index (χ3v) is 2.12. The Morgan fingerprint density at radius 1 is 1.47 bits per heavy atom. The van der Waals surface area contributed by atoms with E-state index in [0.717, 1.165) is 5.56 Å². The molecule has 0 amide bonds. The molecule has 0 saturated carbocycles. The first-order valence-electron chi connectivity index (χ1n) is 4.78. The lowest BCUT2D eigenvalue weighted by atomic mass is 10.0. The van der Waals surface area contributed by atoms with Crippen molar-refractivity contribution in [3.63, 3.8) is 0 Å². The van der Waals surface area contributed by atoms with Gasteiger partial charge in [-0.3, -0.25) is 9.38 Å². The fourth-order valence-corrected chi connectivity index (χ4v) is 1.09. The average Bonchev–Trinajstić information content (AvgIpc) is 2.28. The van der Waals surface area contributed by atoms with E-state index in [-0.39, 0.29) is 6.42 Å². The molecule has 1 unspecified atom stereocenters. The molecular weight excluding hydrogens is 191 g/mol. The molecule has 15 heavy (non-hydrogen) atoms. The summed E-state index contributed by atoms with van der Waals surface area (Å²) in [5.74, 6) is 0. The van der Waals surface area contributed by atoms with Crippen molar-refractivity contribution in [2.24, 2.45) is 4.99 Å². The van der Waals surface area contributed by atoms with E-state index in [1.165, 1.54) is 0 Å². The minimum atomic E-state index is -0.954. The fourth-order valence-electron chi connectivity index (χ4n) is 1.09. The lowest BCUT2D eigenvalue weighted by molar-refractivity contribution is 0.411. The summed E-state index contributed by atoms with van der Waals surface area (Å²) >= 11 is 0. The van der Waals surface area contributed by atoms with E-state index in [0.29, 0.717) is 0 Å². The van der Waals surface area contributed by atoms with Crippen LogP contribution in [-0.4, -0.2) is 18.4 Å². The summed E-state index contributed by atoms with van der Waals surface area (Å²) in [5, 5.41) is 8.86. The van der Waals surface area contributed by atoms with Gasteiger partial charge in [-0.15, -0.1) is 0 Å². The molecule has 78 valence electrons. The van der Waals surface area contributed by atoms with Crippen LogP contribution in [0.5, 0.6) is 0 Å². The van der Waals surface area contributed by atoms with Crippen LogP contribution >= 0.6 is 0 Å². The maximum Gasteiger partial charge on any atom is 0.146 e. The van der Waals surface area contributed by atoms with Crippen molar-refractivity contribution in [3.8, 4) is 6.07 Å². The Balaban J connectivity index is 2.76. The van der Waals surface area contributed by atoms with Gasteiger partial charge in [0.1, 0.15) is 5.54 Å². The fraction of sp³-hybridized carbons (Fsp3) is 0.333. The summed E-state index contributed by atoms with van der Waals surface area (Å²) in [6, 6.07) is 11.5. The molecule has 1 aromatic rings. The molecule has 3 heteroatoms. The van der Waals surface area contributed by atoms with Crippen LogP contribution in [0.4, 0.5) is 4.39 Å². The van der Waals surface area contributed by atoms with E-state index in [9.17, 15) is 4.39 Å². The molecule has 0 bridgehead atoms. The van der Waals surface area contributed by atoms with Crippen LogP contribution < -0.4 is 0 Å². The SMILES string of the molecule is CC(C#N)(CCF)N=Cc1ccccc1. The van der Waals surface area contributed by atoms with Gasteiger partial charge in [-0.1, -0.05) is 30.3 Å². The van der Waals surface area contributed by atoms with E-state index < -0.39 is 12.2 Å². The van der Waals surface area contributed by atoms with Gasteiger partial charge in [0.2, 0.25) is 0 Å². The maximum absolute atomic E-state index is 12.2. The van der Waals surface area contributed by atoms with Crippen LogP contribution in [0.3, 0.4) is 0 Å². The van der Waals surface area contributed by atoms with Gasteiger partial charge in [0.25, 0.3) is 0 Å². The second kappa shape index (κ2) is 5.26. The standard InChI is InChI=1S/C12H13FN2/c1-12(10-14,7-8-13)15-9-11-5-3-2-4-6-11/h2-6,9H,7-8H2,1H3. The topological polar surface area (TPSA) is 36.1 Å². The Bertz CT molecular complexity index is 367. The normalized spacial score (nSPS) is 14.7. The lowest BCUT2D eigenvalue weighted by Gasteiger charge is -2.13. The number of nitrogens with zero attached hydrogens (tertiary/aromatic N) is 2. The van der Waals surface area contributed by atoms with Crippen LogP contribution in [0.2, 0.25) is 0 Å². The van der Waals surface area contributed by atoms with Gasteiger partial charge in [0.15, 0.2) is 0 Å². The first-order valence-corrected chi connectivity index (χ1v) is 4.78. The smallest absolute Gasteiger partial charge is 0.146 e. The largest absolute Gasteiger partial charge is 0.271 e. The van der Waals surface area contributed by atoms with Crippen LogP contribution in [0.25, 0.3) is 0 Å². The van der Waals surface area contributed by atoms with Crippen molar-refractivity contribution >= 4 is 6.21 Å². The van der Waals surface area contributed by atoms with E-state index >= 15 is 0 Å². The molecule has 0 radical (unpaired) electrons. The third kappa shape index (κ3) is 3.51. The van der Waals surface area contributed by atoms with Gasteiger partial charge in [-0.2, -0.15) is 5.26 Å². The van der Waals surface area contributed by atoms with Crippen molar-refractivity contribution in [2.45, 2.75) is 18.9 Å². The highest BCUT2D eigenvalue weighted by atomic mass is 19.1. The van der Waals surface area contributed by atoms with Crippen molar-refractivity contribution < 1.29 is 4.39 Å². The zero-order valence-electron chi connectivity index (χ0n) is 8.65. The Morgan fingerprint density at radius 2 is 2.13 bits per heavy atom. The first kappa shape index (κ1) is 11.4. The number of hydrogen-bond donors (Lipinski definition) is 0. The van der Waals surface area contributed by atoms with E-state index in [1.807, 2.05) is 36.4 Å². The zero-order valence-corrected chi connectivity index (χ0v) is 8.65. The van der Waals surface area contributed by atoms with Crippen LogP contribution in [-0.2, 0) is 0 Å². The van der Waals surface area contributed by atoms with Crippen molar-refractivity contribution in [1.29, 1.82) is 5.26 Å². The van der Waals surface area contributed by atoms with Gasteiger partial charge in [0.05, 0.1) is 12.7 Å². The van der Waals surface area contributed by atoms with Crippen LogP contribution in [0.1, 0.15) is 18.9 Å². The van der Waals surface area contributed by atoms with E-state index in [2.05, 4.69) is 4.99 Å². The molecule has 1 atom stereocenters. The quantitative estimate of drug-likeness (QED) is 0.694. The van der Waals surface area contributed by atoms with Gasteiger partial charge in [-0.25, -0.2) is 0 Å². The molecule has 2 nitrogen and oxygen atoms in total. The monoisotopic (exact) mass is 204 g/mol. The van der Waals surface area contributed by atoms with Crippen LogP contribution in [0.15, 0.2) is 35.3 Å². The summed E-state index contributed by atoms with van der Waals surface area (Å²) in [6.07, 6.45) is 1.74. The molecule has 0 aliphatic carbocycles. The predicted octanol–water partition coefficient (Wildman–Crippen LogP) is 2.75. The summed E-state index contributed by atoms with van der Waals surface area (Å²) in [4.78, 5) is 4.11. The van der Waals surface area contributed by atoms with Gasteiger partial charge < -0.3 is 0 Å². The van der Waals surface area contributed by atoms with Crippen LogP contribution in [0, 0.1) is 11.3 Å². The number of benzene rings is 1. The number of alkyl halides is 1. The number of rotatable bonds is 4. The van der Waals surface area contributed by atoms with Crippen molar-refractivity contribution in [1.82, 2.24) is 0 Å². The molecule has 0 aliphatic heterocycles. The number of halogens is 1.